The van der Waals surface area contributed by atoms with E-state index in [2.05, 4.69) is 5.10 Å². The highest BCUT2D eigenvalue weighted by Crippen LogP contribution is 2.29. The smallest absolute Gasteiger partial charge is 0.247 e. The molecular formula is C18H18Cl2F3N3O. The van der Waals surface area contributed by atoms with Crippen LogP contribution in [0.5, 0.6) is 0 Å². The van der Waals surface area contributed by atoms with Gasteiger partial charge < -0.3 is 0 Å². The van der Waals surface area contributed by atoms with Gasteiger partial charge in [-0.2, -0.15) is 18.3 Å². The van der Waals surface area contributed by atoms with E-state index in [9.17, 15) is 18.0 Å². The van der Waals surface area contributed by atoms with Gasteiger partial charge in [0.15, 0.2) is 0 Å². The Balaban J connectivity index is 2.38. The summed E-state index contributed by atoms with van der Waals surface area (Å²) in [4.78, 5) is 12.5. The summed E-state index contributed by atoms with van der Waals surface area (Å²) < 4.78 is 40.8. The molecule has 9 heteroatoms. The predicted octanol–water partition coefficient (Wildman–Crippen LogP) is 4.92. The first-order chi connectivity index (χ1) is 12.6. The highest BCUT2D eigenvalue weighted by Gasteiger charge is 2.30. The molecule has 0 fully saturated rings. The maximum atomic E-state index is 12.8. The van der Waals surface area contributed by atoms with Crippen molar-refractivity contribution in [3.05, 3.63) is 69.4 Å². The van der Waals surface area contributed by atoms with E-state index in [1.165, 1.54) is 21.4 Å². The van der Waals surface area contributed by atoms with E-state index in [1.54, 1.807) is 32.1 Å². The van der Waals surface area contributed by atoms with E-state index in [-0.39, 0.29) is 11.8 Å². The fraction of sp³-hybridized carbons (Fsp3) is 0.333. The summed E-state index contributed by atoms with van der Waals surface area (Å²) in [5.74, 6) is 0.390. The Kier molecular flexibility index (Phi) is 6.95. The first-order valence-electron chi connectivity index (χ1n) is 8.17. The Bertz CT molecular complexity index is 894. The minimum absolute atomic E-state index is 0.230. The maximum Gasteiger partial charge on any atom is 0.416 e. The van der Waals surface area contributed by atoms with Crippen LogP contribution in [0.1, 0.15) is 25.2 Å². The molecule has 2 aromatic rings. The van der Waals surface area contributed by atoms with E-state index in [1.807, 2.05) is 0 Å². The fourth-order valence-electron chi connectivity index (χ4n) is 2.40. The van der Waals surface area contributed by atoms with Crippen molar-refractivity contribution < 1.29 is 13.2 Å². The molecule has 0 aliphatic carbocycles. The largest absolute Gasteiger partial charge is 0.416 e. The van der Waals surface area contributed by atoms with Crippen LogP contribution in [0.15, 0.2) is 52.3 Å². The molecular weight excluding hydrogens is 402 g/mol. The first-order valence-corrected chi connectivity index (χ1v) is 8.99. The molecule has 0 amide bonds. The number of benzene rings is 1. The number of hydrogen-bond donors (Lipinski definition) is 0. The molecule has 4 nitrogen and oxygen atoms in total. The highest BCUT2D eigenvalue weighted by atomic mass is 35.5. The van der Waals surface area contributed by atoms with Gasteiger partial charge in [-0.15, -0.1) is 11.6 Å². The quantitative estimate of drug-likeness (QED) is 0.492. The lowest BCUT2D eigenvalue weighted by atomic mass is 10.2. The number of halogens is 5. The average Bonchev–Trinajstić information content (AvgIpc) is 2.89. The Morgan fingerprint density at radius 1 is 1.30 bits per heavy atom. The molecule has 0 bridgehead atoms. The second-order valence-corrected chi connectivity index (χ2v) is 6.86. The summed E-state index contributed by atoms with van der Waals surface area (Å²) in [6.45, 7) is 3.86. The number of hydrogen-bond acceptors (Lipinski definition) is 2. The van der Waals surface area contributed by atoms with E-state index in [0.717, 1.165) is 12.1 Å². The van der Waals surface area contributed by atoms with Crippen LogP contribution in [-0.2, 0) is 19.1 Å². The third-order valence-electron chi connectivity index (χ3n) is 3.63. The van der Waals surface area contributed by atoms with Gasteiger partial charge in [0.25, 0.3) is 0 Å². The molecule has 0 spiro atoms. The molecule has 0 saturated heterocycles. The summed E-state index contributed by atoms with van der Waals surface area (Å²) in [5.41, 5.74) is -0.889. The lowest BCUT2D eigenvalue weighted by Gasteiger charge is -2.08. The molecule has 0 radical (unpaired) electrons. The van der Waals surface area contributed by atoms with Crippen molar-refractivity contribution in [3.63, 3.8) is 0 Å². The standard InChI is InChI=1S/C18H18Cl2F3N3O/c1-3-25-17(27)26(15-9-7-13(8-10-15)18(21,22)23)16(24-25)6-4-5-14(20)11-12(2)19/h4-5,7-12H,3,6H2,1-2H3/b5-4-,14-11+. The Labute approximate surface area is 164 Å². The summed E-state index contributed by atoms with van der Waals surface area (Å²) in [6.07, 6.45) is 0.815. The van der Waals surface area contributed by atoms with E-state index >= 15 is 0 Å². The van der Waals surface area contributed by atoms with Crippen molar-refractivity contribution in [2.24, 2.45) is 0 Å². The van der Waals surface area contributed by atoms with Crippen molar-refractivity contribution >= 4 is 23.2 Å². The SMILES string of the molecule is CCn1nc(C/C=C\C(Cl)=C/C(C)Cl)n(-c2ccc(C(F)(F)F)cc2)c1=O. The molecule has 146 valence electrons. The van der Waals surface area contributed by atoms with Crippen LogP contribution in [0.4, 0.5) is 13.2 Å². The molecule has 0 N–H and O–H groups in total. The minimum Gasteiger partial charge on any atom is -0.247 e. The molecule has 2 rings (SSSR count). The monoisotopic (exact) mass is 419 g/mol. The lowest BCUT2D eigenvalue weighted by molar-refractivity contribution is -0.137. The molecule has 0 saturated carbocycles. The zero-order chi connectivity index (χ0) is 20.2. The zero-order valence-corrected chi connectivity index (χ0v) is 16.2. The molecule has 1 atom stereocenters. The van der Waals surface area contributed by atoms with Crippen molar-refractivity contribution in [2.45, 2.75) is 38.4 Å². The molecule has 27 heavy (non-hydrogen) atoms. The first kappa shape index (κ1) is 21.3. The van der Waals surface area contributed by atoms with Gasteiger partial charge in [-0.25, -0.2) is 14.0 Å². The van der Waals surface area contributed by atoms with Crippen molar-refractivity contribution in [1.29, 1.82) is 0 Å². The van der Waals surface area contributed by atoms with Crippen LogP contribution >= 0.6 is 23.2 Å². The lowest BCUT2D eigenvalue weighted by Crippen LogP contribution is -2.23. The third kappa shape index (κ3) is 5.49. The van der Waals surface area contributed by atoms with Gasteiger partial charge in [-0.3, -0.25) is 0 Å². The Hall–Kier alpha value is -1.99. The van der Waals surface area contributed by atoms with Gasteiger partial charge in [0.2, 0.25) is 0 Å². The number of aryl methyl sites for hydroxylation is 1. The van der Waals surface area contributed by atoms with Crippen molar-refractivity contribution in [1.82, 2.24) is 14.3 Å². The number of allylic oxidation sites excluding steroid dienone is 4. The Morgan fingerprint density at radius 3 is 2.44 bits per heavy atom. The van der Waals surface area contributed by atoms with Crippen molar-refractivity contribution in [3.8, 4) is 5.69 Å². The summed E-state index contributed by atoms with van der Waals surface area (Å²) in [6, 6.07) is 4.38. The number of aromatic nitrogens is 3. The third-order valence-corrected chi connectivity index (χ3v) is 4.00. The number of rotatable bonds is 6. The average molecular weight is 420 g/mol. The van der Waals surface area contributed by atoms with Gasteiger partial charge in [0.05, 0.1) is 16.6 Å². The van der Waals surface area contributed by atoms with E-state index < -0.39 is 17.4 Å². The van der Waals surface area contributed by atoms with Crippen LogP contribution in [0.3, 0.4) is 0 Å². The summed E-state index contributed by atoms with van der Waals surface area (Å²) in [5, 5.41) is 4.45. The minimum atomic E-state index is -4.44. The molecule has 0 aliphatic rings. The van der Waals surface area contributed by atoms with Gasteiger partial charge >= 0.3 is 11.9 Å². The molecule has 1 aromatic heterocycles. The van der Waals surface area contributed by atoms with Crippen LogP contribution in [0.2, 0.25) is 0 Å². The van der Waals surface area contributed by atoms with Crippen LogP contribution in [-0.4, -0.2) is 19.7 Å². The van der Waals surface area contributed by atoms with Gasteiger partial charge in [-0.05, 0) is 50.3 Å². The topological polar surface area (TPSA) is 39.8 Å². The van der Waals surface area contributed by atoms with E-state index in [4.69, 9.17) is 23.2 Å². The summed E-state index contributed by atoms with van der Waals surface area (Å²) in [7, 11) is 0. The second-order valence-electron chi connectivity index (χ2n) is 5.73. The van der Waals surface area contributed by atoms with Gasteiger partial charge in [-0.1, -0.05) is 17.7 Å². The van der Waals surface area contributed by atoms with Crippen LogP contribution < -0.4 is 5.69 Å². The van der Waals surface area contributed by atoms with Crippen LogP contribution in [0.25, 0.3) is 5.69 Å². The predicted molar refractivity (Wildman–Crippen MR) is 101 cm³/mol. The van der Waals surface area contributed by atoms with Gasteiger partial charge in [0, 0.05) is 18.0 Å². The normalized spacial score (nSPS) is 14.1. The molecule has 1 aromatic carbocycles. The Morgan fingerprint density at radius 2 is 1.93 bits per heavy atom. The molecule has 1 heterocycles. The van der Waals surface area contributed by atoms with Crippen molar-refractivity contribution in [2.75, 3.05) is 0 Å². The zero-order valence-electron chi connectivity index (χ0n) is 14.7. The summed E-state index contributed by atoms with van der Waals surface area (Å²) >= 11 is 11.8. The van der Waals surface area contributed by atoms with Gasteiger partial charge in [0.1, 0.15) is 5.82 Å². The number of alkyl halides is 4. The molecule has 0 aliphatic heterocycles. The van der Waals surface area contributed by atoms with E-state index in [0.29, 0.717) is 23.1 Å². The second kappa shape index (κ2) is 8.80. The fourth-order valence-corrected chi connectivity index (χ4v) is 2.88. The van der Waals surface area contributed by atoms with Crippen LogP contribution in [0, 0.1) is 0 Å². The maximum absolute atomic E-state index is 12.8. The number of nitrogens with zero attached hydrogens (tertiary/aromatic N) is 3. The molecule has 1 unspecified atom stereocenters. The highest BCUT2D eigenvalue weighted by molar-refractivity contribution is 6.32.